The highest BCUT2D eigenvalue weighted by Gasteiger charge is 2.18. The van der Waals surface area contributed by atoms with Crippen LogP contribution in [0.2, 0.25) is 0 Å². The second-order valence-electron chi connectivity index (χ2n) is 5.30. The lowest BCUT2D eigenvalue weighted by Crippen LogP contribution is -2.06. The second-order valence-corrected chi connectivity index (χ2v) is 5.30. The van der Waals surface area contributed by atoms with Gasteiger partial charge in [-0.15, -0.1) is 5.92 Å². The summed E-state index contributed by atoms with van der Waals surface area (Å²) in [6.07, 6.45) is 5.42. The third-order valence-electron chi connectivity index (χ3n) is 3.62. The summed E-state index contributed by atoms with van der Waals surface area (Å²) in [5.74, 6) is 12.5. The zero-order chi connectivity index (χ0) is 14.9. The van der Waals surface area contributed by atoms with E-state index in [-0.39, 0.29) is 0 Å². The molecule has 0 saturated heterocycles. The van der Waals surface area contributed by atoms with Crippen molar-refractivity contribution in [1.29, 1.82) is 0 Å². The van der Waals surface area contributed by atoms with Gasteiger partial charge in [0.15, 0.2) is 0 Å². The summed E-state index contributed by atoms with van der Waals surface area (Å²) in [6.45, 7) is 2.15. The molecule has 0 heterocycles. The van der Waals surface area contributed by atoms with Gasteiger partial charge in [0, 0.05) is 17.6 Å². The molecule has 1 aromatic rings. The summed E-state index contributed by atoms with van der Waals surface area (Å²) < 4.78 is 0. The van der Waals surface area contributed by atoms with E-state index in [2.05, 4.69) is 30.6 Å². The Morgan fingerprint density at radius 1 is 1.14 bits per heavy atom. The first kappa shape index (κ1) is 15.4. The van der Waals surface area contributed by atoms with E-state index in [1.165, 1.54) is 0 Å². The Hall–Kier alpha value is -1.96. The highest BCUT2D eigenvalue weighted by atomic mass is 16.3. The molecule has 108 valence electrons. The Labute approximate surface area is 128 Å². The molecule has 0 saturated carbocycles. The molecule has 2 rings (SSSR count). The van der Waals surface area contributed by atoms with Gasteiger partial charge in [-0.25, -0.2) is 0 Å². The van der Waals surface area contributed by atoms with Gasteiger partial charge in [-0.3, -0.25) is 0 Å². The van der Waals surface area contributed by atoms with Gasteiger partial charge in [0.25, 0.3) is 0 Å². The Bertz CT molecular complexity index is 602. The van der Waals surface area contributed by atoms with Crippen LogP contribution in [-0.4, -0.2) is 11.2 Å². The lowest BCUT2D eigenvalue weighted by atomic mass is 10.1. The smallest absolute Gasteiger partial charge is 0.137 e. The topological polar surface area (TPSA) is 20.2 Å². The quantitative estimate of drug-likeness (QED) is 0.652. The summed E-state index contributed by atoms with van der Waals surface area (Å²) in [4.78, 5) is 0. The maximum Gasteiger partial charge on any atom is 0.137 e. The summed E-state index contributed by atoms with van der Waals surface area (Å²) in [5.41, 5.74) is 3.12. The second kappa shape index (κ2) is 8.35. The molecule has 0 aromatic heterocycles. The fourth-order valence-corrected chi connectivity index (χ4v) is 2.40. The van der Waals surface area contributed by atoms with Crippen LogP contribution in [0, 0.1) is 23.7 Å². The number of aliphatic hydroxyl groups is 1. The maximum atomic E-state index is 10.2. The highest BCUT2D eigenvalue weighted by molar-refractivity contribution is 5.46. The highest BCUT2D eigenvalue weighted by Crippen LogP contribution is 2.28. The van der Waals surface area contributed by atoms with Gasteiger partial charge in [0.2, 0.25) is 0 Å². The summed E-state index contributed by atoms with van der Waals surface area (Å²) in [5, 5.41) is 10.2. The monoisotopic (exact) mass is 278 g/mol. The molecule has 1 aliphatic rings. The molecule has 0 amide bonds. The Morgan fingerprint density at radius 2 is 1.95 bits per heavy atom. The fraction of sp³-hybridized carbons (Fsp3) is 0.400. The van der Waals surface area contributed by atoms with E-state index >= 15 is 0 Å². The number of rotatable bonds is 3. The van der Waals surface area contributed by atoms with Crippen molar-refractivity contribution >= 4 is 0 Å². The molecule has 1 nitrogen and oxygen atoms in total. The number of allylic oxidation sites excluding steroid dienone is 1. The van der Waals surface area contributed by atoms with Crippen LogP contribution in [-0.2, 0) is 0 Å². The van der Waals surface area contributed by atoms with Crippen LogP contribution in [0.25, 0.3) is 0 Å². The molecular weight excluding hydrogens is 256 g/mol. The maximum absolute atomic E-state index is 10.2. The van der Waals surface area contributed by atoms with Crippen LogP contribution in [0.4, 0.5) is 0 Å². The molecule has 1 unspecified atom stereocenters. The average Bonchev–Trinajstić information content (AvgIpc) is 2.99. The first-order valence-corrected chi connectivity index (χ1v) is 7.76. The van der Waals surface area contributed by atoms with Gasteiger partial charge < -0.3 is 5.11 Å². The number of benzene rings is 1. The van der Waals surface area contributed by atoms with Crippen molar-refractivity contribution in [2.75, 3.05) is 0 Å². The third-order valence-corrected chi connectivity index (χ3v) is 3.62. The summed E-state index contributed by atoms with van der Waals surface area (Å²) in [7, 11) is 0. The fourth-order valence-electron chi connectivity index (χ4n) is 2.40. The standard InChI is InChI=1S/C20H22O/c1-2-3-4-8-14-20(21)19-13-9-12-18(19)16-15-17-10-6-5-7-11-17/h5-7,10-11,20-21H,2-4,9,12-13H2,1H3. The SMILES string of the molecule is CCCCC#CC(O)C1=C(C#Cc2ccccc2)CCC1. The van der Waals surface area contributed by atoms with Crippen LogP contribution in [0.1, 0.15) is 51.0 Å². The number of hydrogen-bond donors (Lipinski definition) is 1. The van der Waals surface area contributed by atoms with Crippen LogP contribution in [0.15, 0.2) is 41.5 Å². The molecule has 1 N–H and O–H groups in total. The van der Waals surface area contributed by atoms with Crippen molar-refractivity contribution in [2.24, 2.45) is 0 Å². The molecule has 0 aliphatic heterocycles. The molecular formula is C20H22O. The van der Waals surface area contributed by atoms with Crippen LogP contribution < -0.4 is 0 Å². The first-order chi connectivity index (χ1) is 10.3. The zero-order valence-corrected chi connectivity index (χ0v) is 12.7. The van der Waals surface area contributed by atoms with Crippen molar-refractivity contribution in [3.8, 4) is 23.7 Å². The molecule has 21 heavy (non-hydrogen) atoms. The molecule has 0 radical (unpaired) electrons. The summed E-state index contributed by atoms with van der Waals surface area (Å²) >= 11 is 0. The van der Waals surface area contributed by atoms with Crippen molar-refractivity contribution in [2.45, 2.75) is 51.6 Å². The normalized spacial score (nSPS) is 15.0. The molecule has 0 bridgehead atoms. The molecule has 1 aromatic carbocycles. The minimum absolute atomic E-state index is 0.635. The predicted octanol–water partition coefficient (Wildman–Crippen LogP) is 4.07. The van der Waals surface area contributed by atoms with Crippen molar-refractivity contribution in [3.63, 3.8) is 0 Å². The number of unbranched alkanes of at least 4 members (excludes halogenated alkanes) is 2. The lowest BCUT2D eigenvalue weighted by Gasteiger charge is -2.05. The van der Waals surface area contributed by atoms with Crippen LogP contribution in [0.5, 0.6) is 0 Å². The van der Waals surface area contributed by atoms with E-state index in [0.29, 0.717) is 0 Å². The minimum atomic E-state index is -0.635. The minimum Gasteiger partial charge on any atom is -0.376 e. The van der Waals surface area contributed by atoms with E-state index in [1.807, 2.05) is 30.3 Å². The van der Waals surface area contributed by atoms with Crippen molar-refractivity contribution in [3.05, 3.63) is 47.0 Å². The Morgan fingerprint density at radius 3 is 2.71 bits per heavy atom. The van der Waals surface area contributed by atoms with Crippen molar-refractivity contribution in [1.82, 2.24) is 0 Å². The third kappa shape index (κ3) is 4.82. The van der Waals surface area contributed by atoms with Gasteiger partial charge in [-0.2, -0.15) is 0 Å². The first-order valence-electron chi connectivity index (χ1n) is 7.76. The Kier molecular flexibility index (Phi) is 6.14. The molecule has 1 heteroatoms. The molecule has 0 fully saturated rings. The van der Waals surface area contributed by atoms with Crippen molar-refractivity contribution < 1.29 is 5.11 Å². The number of hydrogen-bond acceptors (Lipinski definition) is 1. The largest absolute Gasteiger partial charge is 0.376 e. The lowest BCUT2D eigenvalue weighted by molar-refractivity contribution is 0.264. The molecule has 1 atom stereocenters. The predicted molar refractivity (Wildman–Crippen MR) is 87.5 cm³/mol. The van der Waals surface area contributed by atoms with Gasteiger partial charge in [0.05, 0.1) is 0 Å². The number of aliphatic hydroxyl groups excluding tert-OH is 1. The summed E-state index contributed by atoms with van der Waals surface area (Å²) in [6, 6.07) is 9.97. The van der Waals surface area contributed by atoms with Gasteiger partial charge in [-0.1, -0.05) is 49.3 Å². The zero-order valence-electron chi connectivity index (χ0n) is 12.7. The average molecular weight is 278 g/mol. The van der Waals surface area contributed by atoms with Gasteiger partial charge >= 0.3 is 0 Å². The van der Waals surface area contributed by atoms with Crippen LogP contribution >= 0.6 is 0 Å². The van der Waals surface area contributed by atoms with E-state index in [0.717, 1.165) is 55.2 Å². The van der Waals surface area contributed by atoms with Crippen LogP contribution in [0.3, 0.4) is 0 Å². The molecule has 0 spiro atoms. The van der Waals surface area contributed by atoms with E-state index in [1.54, 1.807) is 0 Å². The van der Waals surface area contributed by atoms with E-state index < -0.39 is 6.10 Å². The van der Waals surface area contributed by atoms with E-state index in [4.69, 9.17) is 0 Å². The van der Waals surface area contributed by atoms with Gasteiger partial charge in [-0.05, 0) is 43.4 Å². The Balaban J connectivity index is 2.09. The van der Waals surface area contributed by atoms with Gasteiger partial charge in [0.1, 0.15) is 6.10 Å². The van der Waals surface area contributed by atoms with E-state index in [9.17, 15) is 5.11 Å². The molecule has 1 aliphatic carbocycles.